The van der Waals surface area contributed by atoms with Gasteiger partial charge in [-0.1, -0.05) is 44.2 Å². The highest BCUT2D eigenvalue weighted by atomic mass is 32.2. The van der Waals surface area contributed by atoms with Gasteiger partial charge in [-0.05, 0) is 29.9 Å². The summed E-state index contributed by atoms with van der Waals surface area (Å²) in [6.07, 6.45) is 2.28. The van der Waals surface area contributed by atoms with Crippen LogP contribution in [-0.4, -0.2) is 42.8 Å². The molecule has 1 N–H and O–H groups in total. The van der Waals surface area contributed by atoms with Crippen LogP contribution >= 0.6 is 0 Å². The molecular weight excluding hydrogens is 390 g/mol. The fraction of sp³-hybridized carbons (Fsp3) is 0.429. The van der Waals surface area contributed by atoms with Crippen LogP contribution in [0.2, 0.25) is 0 Å². The van der Waals surface area contributed by atoms with E-state index in [1.165, 1.54) is 28.2 Å². The summed E-state index contributed by atoms with van der Waals surface area (Å²) in [5.74, 6) is 0.553. The Morgan fingerprint density at radius 2 is 1.83 bits per heavy atom. The summed E-state index contributed by atoms with van der Waals surface area (Å²) in [6.45, 7) is 4.52. The van der Waals surface area contributed by atoms with E-state index in [-0.39, 0.29) is 17.3 Å². The summed E-state index contributed by atoms with van der Waals surface area (Å²) >= 11 is 0. The third-order valence-corrected chi connectivity index (χ3v) is 7.36. The number of sulfonamides is 1. The van der Waals surface area contributed by atoms with Crippen LogP contribution in [0.25, 0.3) is 0 Å². The molecule has 0 aliphatic heterocycles. The summed E-state index contributed by atoms with van der Waals surface area (Å²) in [7, 11) is -3.69. The number of amides is 1. The minimum absolute atomic E-state index is 0.0138. The van der Waals surface area contributed by atoms with E-state index >= 15 is 0 Å². The summed E-state index contributed by atoms with van der Waals surface area (Å²) in [5.41, 5.74) is 0.865. The molecule has 1 fully saturated rings. The van der Waals surface area contributed by atoms with Gasteiger partial charge in [0.15, 0.2) is 0 Å². The molecule has 0 spiro atoms. The van der Waals surface area contributed by atoms with Crippen molar-refractivity contribution in [1.29, 1.82) is 0 Å². The van der Waals surface area contributed by atoms with Crippen LogP contribution in [0.4, 0.5) is 0 Å². The van der Waals surface area contributed by atoms with Gasteiger partial charge in [0.2, 0.25) is 15.9 Å². The first-order chi connectivity index (χ1) is 13.9. The first kappa shape index (κ1) is 21.3. The van der Waals surface area contributed by atoms with Crippen molar-refractivity contribution < 1.29 is 13.2 Å². The zero-order valence-electron chi connectivity index (χ0n) is 16.7. The quantitative estimate of drug-likeness (QED) is 0.674. The second kappa shape index (κ2) is 8.92. The molecule has 156 valence electrons. The Kier molecular flexibility index (Phi) is 6.54. The maximum Gasteiger partial charge on any atom is 0.251 e. The predicted molar refractivity (Wildman–Crippen MR) is 111 cm³/mol. The van der Waals surface area contributed by atoms with E-state index in [2.05, 4.69) is 17.4 Å². The minimum Gasteiger partial charge on any atom is -0.354 e. The van der Waals surface area contributed by atoms with Crippen LogP contribution in [0.1, 0.15) is 31.7 Å². The number of hydrogen-bond acceptors (Lipinski definition) is 4. The van der Waals surface area contributed by atoms with Gasteiger partial charge in [-0.15, -0.1) is 0 Å². The van der Waals surface area contributed by atoms with Crippen LogP contribution in [0.5, 0.6) is 0 Å². The summed E-state index contributed by atoms with van der Waals surface area (Å²) in [6, 6.07) is 12.7. The van der Waals surface area contributed by atoms with Crippen molar-refractivity contribution in [3.8, 4) is 0 Å². The highest BCUT2D eigenvalue weighted by molar-refractivity contribution is 7.89. The van der Waals surface area contributed by atoms with Gasteiger partial charge in [-0.3, -0.25) is 9.59 Å². The number of nitrogens with zero attached hydrogens (tertiary/aromatic N) is 2. The van der Waals surface area contributed by atoms with Crippen molar-refractivity contribution in [3.05, 3.63) is 64.6 Å². The van der Waals surface area contributed by atoms with Crippen molar-refractivity contribution in [3.63, 3.8) is 0 Å². The fourth-order valence-corrected chi connectivity index (χ4v) is 5.01. The Morgan fingerprint density at radius 3 is 2.48 bits per heavy atom. The molecule has 0 bridgehead atoms. The summed E-state index contributed by atoms with van der Waals surface area (Å²) < 4.78 is 27.8. The number of rotatable bonds is 9. The normalized spacial score (nSPS) is 18.6. The highest BCUT2D eigenvalue weighted by Gasteiger charge is 2.38. The number of aromatic nitrogens is 1. The smallest absolute Gasteiger partial charge is 0.251 e. The van der Waals surface area contributed by atoms with Crippen molar-refractivity contribution in [2.24, 2.45) is 5.92 Å². The standard InChI is InChI=1S/C21H27N3O4S/c1-3-24(4-2)29(27,28)18-10-11-21(26)23(14-18)15-20(25)22-13-17-12-19(17)16-8-6-5-7-9-16/h5-11,14,17,19H,3-4,12-13,15H2,1-2H3,(H,22,25). The Balaban J connectivity index is 1.61. The number of hydrogen-bond donors (Lipinski definition) is 1. The Hall–Kier alpha value is -2.45. The van der Waals surface area contributed by atoms with Crippen LogP contribution < -0.4 is 10.9 Å². The monoisotopic (exact) mass is 417 g/mol. The molecule has 8 heteroatoms. The Labute approximate surface area is 171 Å². The van der Waals surface area contributed by atoms with E-state index in [9.17, 15) is 18.0 Å². The second-order valence-corrected chi connectivity index (χ2v) is 9.18. The Morgan fingerprint density at radius 1 is 1.14 bits per heavy atom. The molecule has 1 aliphatic carbocycles. The SMILES string of the molecule is CCN(CC)S(=O)(=O)c1ccc(=O)n(CC(=O)NCC2CC2c2ccccc2)c1. The summed E-state index contributed by atoms with van der Waals surface area (Å²) in [4.78, 5) is 24.4. The number of pyridine rings is 1. The number of carbonyl (C=O) groups excluding carboxylic acids is 1. The van der Waals surface area contributed by atoms with E-state index in [4.69, 9.17) is 0 Å². The van der Waals surface area contributed by atoms with Crippen LogP contribution in [0.15, 0.2) is 58.4 Å². The lowest BCUT2D eigenvalue weighted by Crippen LogP contribution is -2.35. The lowest BCUT2D eigenvalue weighted by Gasteiger charge is -2.19. The van der Waals surface area contributed by atoms with Crippen molar-refractivity contribution in [2.45, 2.75) is 37.6 Å². The molecule has 2 unspecified atom stereocenters. The molecule has 3 rings (SSSR count). The third kappa shape index (κ3) is 4.94. The largest absolute Gasteiger partial charge is 0.354 e. The molecular formula is C21H27N3O4S. The number of benzene rings is 1. The lowest BCUT2D eigenvalue weighted by atomic mass is 10.1. The third-order valence-electron chi connectivity index (χ3n) is 5.33. The minimum atomic E-state index is -3.69. The average molecular weight is 418 g/mol. The van der Waals surface area contributed by atoms with E-state index in [1.807, 2.05) is 18.2 Å². The molecule has 0 radical (unpaired) electrons. The molecule has 1 aromatic heterocycles. The van der Waals surface area contributed by atoms with Gasteiger partial charge < -0.3 is 9.88 Å². The maximum atomic E-state index is 12.6. The second-order valence-electron chi connectivity index (χ2n) is 7.24. The maximum absolute atomic E-state index is 12.6. The van der Waals surface area contributed by atoms with Crippen molar-refractivity contribution in [1.82, 2.24) is 14.2 Å². The number of carbonyl (C=O) groups is 1. The number of nitrogens with one attached hydrogen (secondary N) is 1. The Bertz CT molecular complexity index is 1010. The van der Waals surface area contributed by atoms with Gasteiger partial charge in [0.25, 0.3) is 5.56 Å². The molecule has 2 atom stereocenters. The highest BCUT2D eigenvalue weighted by Crippen LogP contribution is 2.46. The molecule has 2 aromatic rings. The molecule has 1 aliphatic rings. The van der Waals surface area contributed by atoms with Crippen LogP contribution in [0.3, 0.4) is 0 Å². The fourth-order valence-electron chi connectivity index (χ4n) is 3.54. The topological polar surface area (TPSA) is 88.5 Å². The molecule has 0 saturated heterocycles. The van der Waals surface area contributed by atoms with Crippen molar-refractivity contribution in [2.75, 3.05) is 19.6 Å². The van der Waals surface area contributed by atoms with Crippen LogP contribution in [0, 0.1) is 5.92 Å². The van der Waals surface area contributed by atoms with Crippen molar-refractivity contribution >= 4 is 15.9 Å². The van der Waals surface area contributed by atoms with Gasteiger partial charge in [-0.25, -0.2) is 8.42 Å². The van der Waals surface area contributed by atoms with Gasteiger partial charge in [-0.2, -0.15) is 4.31 Å². The van der Waals surface area contributed by atoms with Gasteiger partial charge in [0.1, 0.15) is 6.54 Å². The molecule has 29 heavy (non-hydrogen) atoms. The van der Waals surface area contributed by atoms with Gasteiger partial charge in [0, 0.05) is 31.9 Å². The molecule has 1 saturated carbocycles. The van der Waals surface area contributed by atoms with E-state index in [0.29, 0.717) is 31.5 Å². The zero-order valence-corrected chi connectivity index (χ0v) is 17.6. The zero-order chi connectivity index (χ0) is 21.0. The summed E-state index contributed by atoms with van der Waals surface area (Å²) in [5, 5.41) is 2.86. The average Bonchev–Trinajstić information content (AvgIpc) is 3.49. The van der Waals surface area contributed by atoms with E-state index in [0.717, 1.165) is 11.0 Å². The van der Waals surface area contributed by atoms with E-state index < -0.39 is 15.6 Å². The first-order valence-corrected chi connectivity index (χ1v) is 11.3. The predicted octanol–water partition coefficient (Wildman–Crippen LogP) is 1.80. The first-order valence-electron chi connectivity index (χ1n) is 9.89. The molecule has 1 heterocycles. The van der Waals surface area contributed by atoms with Crippen LogP contribution in [-0.2, 0) is 21.4 Å². The molecule has 1 aromatic carbocycles. The van der Waals surface area contributed by atoms with Gasteiger partial charge >= 0.3 is 0 Å². The lowest BCUT2D eigenvalue weighted by molar-refractivity contribution is -0.121. The van der Waals surface area contributed by atoms with E-state index in [1.54, 1.807) is 13.8 Å². The molecule has 1 amide bonds. The molecule has 7 nitrogen and oxygen atoms in total. The van der Waals surface area contributed by atoms with Gasteiger partial charge in [0.05, 0.1) is 4.90 Å².